The Morgan fingerprint density at radius 1 is 1.24 bits per heavy atom. The molecule has 0 saturated carbocycles. The molecule has 4 nitrogen and oxygen atoms in total. The second-order valence-corrected chi connectivity index (χ2v) is 5.78. The number of hydrogen-bond donors (Lipinski definition) is 2. The van der Waals surface area contributed by atoms with Gasteiger partial charge < -0.3 is 15.8 Å². The van der Waals surface area contributed by atoms with Gasteiger partial charge in [0.25, 0.3) is 0 Å². The zero-order chi connectivity index (χ0) is 13.9. The van der Waals surface area contributed by atoms with Gasteiger partial charge in [-0.25, -0.2) is 0 Å². The smallest absolute Gasteiger partial charge is 0.249 e. The van der Waals surface area contributed by atoms with Crippen LogP contribution in [0.15, 0.2) is 24.3 Å². The molecular weight excluding hydrogens is 288 g/mol. The zero-order valence-corrected chi connectivity index (χ0v) is 12.9. The number of nitrogens with one attached hydrogen (secondary N) is 1. The topological polar surface area (TPSA) is 64.4 Å². The number of benzene rings is 1. The van der Waals surface area contributed by atoms with Gasteiger partial charge in [-0.2, -0.15) is 0 Å². The lowest BCUT2D eigenvalue weighted by Gasteiger charge is -2.26. The number of carbonyl (C=O) groups excluding carboxylic acids is 1. The van der Waals surface area contributed by atoms with Gasteiger partial charge in [-0.1, -0.05) is 24.3 Å². The summed E-state index contributed by atoms with van der Waals surface area (Å²) in [7, 11) is 0. The average Bonchev–Trinajstić information content (AvgIpc) is 2.96. The number of halogens is 1. The lowest BCUT2D eigenvalue weighted by molar-refractivity contribution is -0.132. The third-order valence-corrected chi connectivity index (χ3v) is 4.36. The van der Waals surface area contributed by atoms with Crippen molar-refractivity contribution in [1.82, 2.24) is 5.32 Å². The Labute approximate surface area is 131 Å². The molecule has 1 aliphatic carbocycles. The van der Waals surface area contributed by atoms with Crippen molar-refractivity contribution in [2.75, 3.05) is 6.54 Å². The van der Waals surface area contributed by atoms with E-state index in [4.69, 9.17) is 10.5 Å². The highest BCUT2D eigenvalue weighted by atomic mass is 35.5. The van der Waals surface area contributed by atoms with E-state index in [1.807, 2.05) is 0 Å². The fourth-order valence-corrected chi connectivity index (χ4v) is 3.19. The maximum absolute atomic E-state index is 12.2. The first-order valence-corrected chi connectivity index (χ1v) is 7.49. The van der Waals surface area contributed by atoms with E-state index < -0.39 is 0 Å². The van der Waals surface area contributed by atoms with Crippen molar-refractivity contribution in [2.45, 2.75) is 50.4 Å². The highest BCUT2D eigenvalue weighted by Gasteiger charge is 2.31. The van der Waals surface area contributed by atoms with Crippen LogP contribution in [0.25, 0.3) is 0 Å². The summed E-state index contributed by atoms with van der Waals surface area (Å²) in [5.74, 6) is 0.0327. The molecule has 116 valence electrons. The van der Waals surface area contributed by atoms with Crippen molar-refractivity contribution in [1.29, 1.82) is 0 Å². The van der Waals surface area contributed by atoms with Crippen molar-refractivity contribution < 1.29 is 9.53 Å². The third-order valence-electron chi connectivity index (χ3n) is 4.36. The molecule has 21 heavy (non-hydrogen) atoms. The minimum Gasteiger partial charge on any atom is -0.364 e. The predicted molar refractivity (Wildman–Crippen MR) is 84.6 cm³/mol. The minimum absolute atomic E-state index is 0. The Balaban J connectivity index is 0.00000161. The first-order chi connectivity index (χ1) is 9.76. The molecule has 0 bridgehead atoms. The van der Waals surface area contributed by atoms with Crippen LogP contribution in [0.5, 0.6) is 0 Å². The maximum Gasteiger partial charge on any atom is 0.249 e. The second-order valence-electron chi connectivity index (χ2n) is 5.78. The van der Waals surface area contributed by atoms with Gasteiger partial charge in [-0.3, -0.25) is 4.79 Å². The lowest BCUT2D eigenvalue weighted by atomic mass is 9.88. The number of ether oxygens (including phenoxy) is 1. The van der Waals surface area contributed by atoms with Gasteiger partial charge in [0.15, 0.2) is 0 Å². The van der Waals surface area contributed by atoms with Gasteiger partial charge >= 0.3 is 0 Å². The van der Waals surface area contributed by atoms with Gasteiger partial charge in [0.1, 0.15) is 6.10 Å². The molecule has 1 aliphatic heterocycles. The van der Waals surface area contributed by atoms with E-state index >= 15 is 0 Å². The van der Waals surface area contributed by atoms with Gasteiger partial charge in [0.05, 0.1) is 6.10 Å². The number of hydrogen-bond acceptors (Lipinski definition) is 3. The Kier molecular flexibility index (Phi) is 5.62. The standard InChI is InChI=1S/C16H22N2O2.ClH/c17-10-14-7-8-15(20-14)16(19)18-13-6-5-11-3-1-2-4-12(11)9-13;/h1-4,13-15H,5-10,17H2,(H,18,19);1H/t13?,14-,15+;/m1./s1. The van der Waals surface area contributed by atoms with Crippen LogP contribution in [0.4, 0.5) is 0 Å². The van der Waals surface area contributed by atoms with Crippen molar-refractivity contribution in [3.8, 4) is 0 Å². The molecule has 1 aromatic rings. The van der Waals surface area contributed by atoms with Crippen molar-refractivity contribution >= 4 is 18.3 Å². The van der Waals surface area contributed by atoms with Crippen LogP contribution in [-0.2, 0) is 22.4 Å². The van der Waals surface area contributed by atoms with Crippen LogP contribution in [0.1, 0.15) is 30.4 Å². The second kappa shape index (κ2) is 7.25. The molecule has 1 unspecified atom stereocenters. The maximum atomic E-state index is 12.2. The van der Waals surface area contributed by atoms with E-state index in [9.17, 15) is 4.79 Å². The van der Waals surface area contributed by atoms with E-state index in [2.05, 4.69) is 29.6 Å². The first kappa shape index (κ1) is 16.3. The first-order valence-electron chi connectivity index (χ1n) is 7.49. The molecule has 1 amide bonds. The van der Waals surface area contributed by atoms with E-state index in [1.165, 1.54) is 11.1 Å². The fraction of sp³-hybridized carbons (Fsp3) is 0.562. The van der Waals surface area contributed by atoms with Crippen molar-refractivity contribution in [2.24, 2.45) is 5.73 Å². The fourth-order valence-electron chi connectivity index (χ4n) is 3.19. The number of fused-ring (bicyclic) bond motifs is 1. The highest BCUT2D eigenvalue weighted by Crippen LogP contribution is 2.23. The normalized spacial score (nSPS) is 27.6. The van der Waals surface area contributed by atoms with Crippen LogP contribution in [0, 0.1) is 0 Å². The van der Waals surface area contributed by atoms with E-state index in [1.54, 1.807) is 0 Å². The van der Waals surface area contributed by atoms with Crippen molar-refractivity contribution in [3.05, 3.63) is 35.4 Å². The van der Waals surface area contributed by atoms with E-state index in [-0.39, 0.29) is 36.6 Å². The Morgan fingerprint density at radius 2 is 2.00 bits per heavy atom. The molecule has 1 heterocycles. The van der Waals surface area contributed by atoms with Crippen LogP contribution >= 0.6 is 12.4 Å². The van der Waals surface area contributed by atoms with Crippen LogP contribution in [0.2, 0.25) is 0 Å². The van der Waals surface area contributed by atoms with Gasteiger partial charge in [0, 0.05) is 12.6 Å². The Bertz CT molecular complexity index is 495. The SMILES string of the molecule is Cl.NC[C@H]1CC[C@@H](C(=O)NC2CCc3ccccc3C2)O1. The Hall–Kier alpha value is -1.10. The highest BCUT2D eigenvalue weighted by molar-refractivity contribution is 5.85. The summed E-state index contributed by atoms with van der Waals surface area (Å²) in [5, 5.41) is 3.14. The number of rotatable bonds is 3. The quantitative estimate of drug-likeness (QED) is 0.891. The monoisotopic (exact) mass is 310 g/mol. The molecule has 0 aromatic heterocycles. The molecule has 1 saturated heterocycles. The summed E-state index contributed by atoms with van der Waals surface area (Å²) in [5.41, 5.74) is 8.35. The van der Waals surface area contributed by atoms with Gasteiger partial charge in [-0.15, -0.1) is 12.4 Å². The number of carbonyl (C=O) groups is 1. The van der Waals surface area contributed by atoms with Crippen LogP contribution in [-0.4, -0.2) is 30.7 Å². The predicted octanol–water partition coefficient (Wildman–Crippen LogP) is 1.59. The van der Waals surface area contributed by atoms with Crippen LogP contribution in [0.3, 0.4) is 0 Å². The summed E-state index contributed by atoms with van der Waals surface area (Å²) in [4.78, 5) is 12.2. The molecule has 3 rings (SSSR count). The molecule has 5 heteroatoms. The van der Waals surface area contributed by atoms with Gasteiger partial charge in [-0.05, 0) is 43.2 Å². The molecule has 1 aromatic carbocycles. The van der Waals surface area contributed by atoms with E-state index in [0.717, 1.165) is 32.1 Å². The van der Waals surface area contributed by atoms with Crippen LogP contribution < -0.4 is 11.1 Å². The average molecular weight is 311 g/mol. The van der Waals surface area contributed by atoms with Gasteiger partial charge in [0.2, 0.25) is 5.91 Å². The molecule has 3 N–H and O–H groups in total. The third kappa shape index (κ3) is 3.76. The molecule has 2 aliphatic rings. The largest absolute Gasteiger partial charge is 0.364 e. The number of amides is 1. The molecular formula is C16H23ClN2O2. The molecule has 0 radical (unpaired) electrons. The molecule has 3 atom stereocenters. The zero-order valence-electron chi connectivity index (χ0n) is 12.1. The number of aryl methyl sites for hydroxylation is 1. The summed E-state index contributed by atoms with van der Waals surface area (Å²) >= 11 is 0. The molecule has 1 fully saturated rings. The summed E-state index contributed by atoms with van der Waals surface area (Å²) < 4.78 is 5.65. The number of nitrogens with two attached hydrogens (primary N) is 1. The summed E-state index contributed by atoms with van der Waals surface area (Å²) in [6.07, 6.45) is 4.40. The van der Waals surface area contributed by atoms with Crippen molar-refractivity contribution in [3.63, 3.8) is 0 Å². The Morgan fingerprint density at radius 3 is 2.71 bits per heavy atom. The lowest BCUT2D eigenvalue weighted by Crippen LogP contribution is -2.44. The summed E-state index contributed by atoms with van der Waals surface area (Å²) in [6, 6.07) is 8.72. The summed E-state index contributed by atoms with van der Waals surface area (Å²) in [6.45, 7) is 0.501. The minimum atomic E-state index is -0.305. The van der Waals surface area contributed by atoms with E-state index in [0.29, 0.717) is 6.54 Å². The molecule has 0 spiro atoms.